The lowest BCUT2D eigenvalue weighted by atomic mass is 10.1. The molecule has 1 aromatic rings. The number of aldehydes is 1. The molecule has 1 aromatic carbocycles. The Bertz CT molecular complexity index is 367. The second kappa shape index (κ2) is 4.97. The van der Waals surface area contributed by atoms with E-state index in [9.17, 15) is 9.59 Å². The molecule has 0 saturated heterocycles. The van der Waals surface area contributed by atoms with E-state index in [4.69, 9.17) is 4.74 Å². The first-order chi connectivity index (χ1) is 6.77. The SMILES string of the molecule is COc1cccc(C(=O)C=CC=O)c1. The third-order valence-corrected chi connectivity index (χ3v) is 1.68. The standard InChI is InChI=1S/C11H10O3/c1-14-10-5-2-4-9(8-10)11(13)6-3-7-12/h2-8H,1H3. The van der Waals surface area contributed by atoms with Crippen LogP contribution >= 0.6 is 0 Å². The summed E-state index contributed by atoms with van der Waals surface area (Å²) in [5.74, 6) is 0.409. The number of ether oxygens (including phenoxy) is 1. The lowest BCUT2D eigenvalue weighted by Gasteiger charge is -2.00. The number of hydrogen-bond acceptors (Lipinski definition) is 3. The van der Waals surface area contributed by atoms with Gasteiger partial charge in [0.25, 0.3) is 0 Å². The van der Waals surface area contributed by atoms with E-state index < -0.39 is 0 Å². The number of hydrogen-bond donors (Lipinski definition) is 0. The monoisotopic (exact) mass is 190 g/mol. The average Bonchev–Trinajstić information content (AvgIpc) is 2.26. The molecule has 0 saturated carbocycles. The molecular weight excluding hydrogens is 180 g/mol. The van der Waals surface area contributed by atoms with Crippen molar-refractivity contribution in [2.75, 3.05) is 7.11 Å². The van der Waals surface area contributed by atoms with Crippen molar-refractivity contribution in [1.82, 2.24) is 0 Å². The van der Waals surface area contributed by atoms with Gasteiger partial charge in [-0.25, -0.2) is 0 Å². The highest BCUT2D eigenvalue weighted by Crippen LogP contribution is 2.13. The molecule has 0 N–H and O–H groups in total. The largest absolute Gasteiger partial charge is 0.497 e. The molecule has 0 bridgehead atoms. The van der Waals surface area contributed by atoms with Crippen LogP contribution in [0.25, 0.3) is 0 Å². The summed E-state index contributed by atoms with van der Waals surface area (Å²) in [4.78, 5) is 21.4. The van der Waals surface area contributed by atoms with Gasteiger partial charge in [0.15, 0.2) is 5.78 Å². The topological polar surface area (TPSA) is 43.4 Å². The molecule has 72 valence electrons. The summed E-state index contributed by atoms with van der Waals surface area (Å²) in [5, 5.41) is 0. The van der Waals surface area contributed by atoms with Crippen molar-refractivity contribution in [2.24, 2.45) is 0 Å². The van der Waals surface area contributed by atoms with Crippen LogP contribution in [0.5, 0.6) is 5.75 Å². The van der Waals surface area contributed by atoms with Gasteiger partial charge in [-0.1, -0.05) is 12.1 Å². The summed E-state index contributed by atoms with van der Waals surface area (Å²) in [6.45, 7) is 0. The highest BCUT2D eigenvalue weighted by molar-refractivity contribution is 6.06. The Labute approximate surface area is 82.0 Å². The molecule has 0 aromatic heterocycles. The van der Waals surface area contributed by atoms with Gasteiger partial charge < -0.3 is 4.74 Å². The number of carbonyl (C=O) groups excluding carboxylic acids is 2. The first-order valence-electron chi connectivity index (χ1n) is 4.08. The van der Waals surface area contributed by atoms with Crippen molar-refractivity contribution in [3.05, 3.63) is 42.0 Å². The maximum atomic E-state index is 11.4. The third-order valence-electron chi connectivity index (χ3n) is 1.68. The number of carbonyl (C=O) groups is 2. The van der Waals surface area contributed by atoms with Gasteiger partial charge in [0.05, 0.1) is 7.11 Å². The fraction of sp³-hybridized carbons (Fsp3) is 0.0909. The smallest absolute Gasteiger partial charge is 0.186 e. The summed E-state index contributed by atoms with van der Waals surface area (Å²) in [6, 6.07) is 6.76. The van der Waals surface area contributed by atoms with Crippen molar-refractivity contribution in [2.45, 2.75) is 0 Å². The Kier molecular flexibility index (Phi) is 3.61. The van der Waals surface area contributed by atoms with Gasteiger partial charge in [-0.3, -0.25) is 9.59 Å². The summed E-state index contributed by atoms with van der Waals surface area (Å²) >= 11 is 0. The molecule has 14 heavy (non-hydrogen) atoms. The molecule has 0 aliphatic carbocycles. The molecule has 0 unspecified atom stereocenters. The summed E-state index contributed by atoms with van der Waals surface area (Å²) in [5.41, 5.74) is 0.502. The second-order valence-corrected chi connectivity index (χ2v) is 2.59. The predicted octanol–water partition coefficient (Wildman–Crippen LogP) is 1.63. The minimum absolute atomic E-state index is 0.212. The molecular formula is C11H10O3. The van der Waals surface area contributed by atoms with Crippen LogP contribution in [0.3, 0.4) is 0 Å². The fourth-order valence-corrected chi connectivity index (χ4v) is 0.999. The van der Waals surface area contributed by atoms with Gasteiger partial charge in [0.1, 0.15) is 12.0 Å². The zero-order valence-corrected chi connectivity index (χ0v) is 7.77. The minimum atomic E-state index is -0.212. The predicted molar refractivity (Wildman–Crippen MR) is 52.5 cm³/mol. The Morgan fingerprint density at radius 2 is 2.21 bits per heavy atom. The summed E-state index contributed by atoms with van der Waals surface area (Å²) < 4.78 is 4.96. The third kappa shape index (κ3) is 2.55. The highest BCUT2D eigenvalue weighted by Gasteiger charge is 2.01. The van der Waals surface area contributed by atoms with Gasteiger partial charge in [0, 0.05) is 5.56 Å². The van der Waals surface area contributed by atoms with E-state index in [1.807, 2.05) is 0 Å². The van der Waals surface area contributed by atoms with Gasteiger partial charge in [-0.2, -0.15) is 0 Å². The van der Waals surface area contributed by atoms with Crippen molar-refractivity contribution in [3.8, 4) is 5.75 Å². The van der Waals surface area contributed by atoms with Gasteiger partial charge in [-0.15, -0.1) is 0 Å². The van der Waals surface area contributed by atoms with E-state index in [0.29, 0.717) is 17.6 Å². The lowest BCUT2D eigenvalue weighted by molar-refractivity contribution is -0.104. The van der Waals surface area contributed by atoms with Crippen molar-refractivity contribution in [3.63, 3.8) is 0 Å². The number of methoxy groups -OCH3 is 1. The zero-order valence-electron chi connectivity index (χ0n) is 7.77. The van der Waals surface area contributed by atoms with Crippen LogP contribution in [-0.2, 0) is 4.79 Å². The van der Waals surface area contributed by atoms with E-state index in [0.717, 1.165) is 0 Å². The maximum absolute atomic E-state index is 11.4. The molecule has 0 amide bonds. The van der Waals surface area contributed by atoms with Gasteiger partial charge in [-0.05, 0) is 24.3 Å². The molecule has 1 rings (SSSR count). The molecule has 0 heterocycles. The molecule has 0 fully saturated rings. The van der Waals surface area contributed by atoms with E-state index in [1.165, 1.54) is 19.3 Å². The van der Waals surface area contributed by atoms with Crippen LogP contribution in [0, 0.1) is 0 Å². The Morgan fingerprint density at radius 1 is 1.43 bits per heavy atom. The molecule has 0 aliphatic heterocycles. The maximum Gasteiger partial charge on any atom is 0.186 e. The van der Waals surface area contributed by atoms with Crippen LogP contribution in [0.2, 0.25) is 0 Å². The van der Waals surface area contributed by atoms with Crippen LogP contribution in [0.15, 0.2) is 36.4 Å². The van der Waals surface area contributed by atoms with Crippen LogP contribution in [-0.4, -0.2) is 19.2 Å². The number of ketones is 1. The van der Waals surface area contributed by atoms with Crippen LogP contribution in [0.4, 0.5) is 0 Å². The normalized spacial score (nSPS) is 10.1. The minimum Gasteiger partial charge on any atom is -0.497 e. The molecule has 0 atom stereocenters. The van der Waals surface area contributed by atoms with E-state index in [2.05, 4.69) is 0 Å². The summed E-state index contributed by atoms with van der Waals surface area (Å²) in [7, 11) is 1.53. The first-order valence-corrected chi connectivity index (χ1v) is 4.08. The number of rotatable bonds is 4. The van der Waals surface area contributed by atoms with Crippen LogP contribution in [0.1, 0.15) is 10.4 Å². The van der Waals surface area contributed by atoms with E-state index in [1.54, 1.807) is 24.3 Å². The molecule has 0 spiro atoms. The number of benzene rings is 1. The Morgan fingerprint density at radius 3 is 2.86 bits per heavy atom. The van der Waals surface area contributed by atoms with E-state index in [-0.39, 0.29) is 5.78 Å². The van der Waals surface area contributed by atoms with Gasteiger partial charge >= 0.3 is 0 Å². The van der Waals surface area contributed by atoms with Crippen molar-refractivity contribution >= 4 is 12.1 Å². The average molecular weight is 190 g/mol. The van der Waals surface area contributed by atoms with Gasteiger partial charge in [0.2, 0.25) is 0 Å². The molecule has 0 aliphatic rings. The van der Waals surface area contributed by atoms with E-state index >= 15 is 0 Å². The highest BCUT2D eigenvalue weighted by atomic mass is 16.5. The zero-order chi connectivity index (χ0) is 10.4. The summed E-state index contributed by atoms with van der Waals surface area (Å²) in [6.07, 6.45) is 2.96. The first kappa shape index (κ1) is 10.2. The second-order valence-electron chi connectivity index (χ2n) is 2.59. The molecule has 3 heteroatoms. The van der Waals surface area contributed by atoms with Crippen molar-refractivity contribution in [1.29, 1.82) is 0 Å². The molecule has 0 radical (unpaired) electrons. The fourth-order valence-electron chi connectivity index (χ4n) is 0.999. The molecule has 3 nitrogen and oxygen atoms in total. The Hall–Kier alpha value is -1.90. The van der Waals surface area contributed by atoms with Crippen LogP contribution < -0.4 is 4.74 Å². The Balaban J connectivity index is 2.89. The lowest BCUT2D eigenvalue weighted by Crippen LogP contribution is -1.94. The number of allylic oxidation sites excluding steroid dienone is 2. The van der Waals surface area contributed by atoms with Crippen molar-refractivity contribution < 1.29 is 14.3 Å². The quantitative estimate of drug-likeness (QED) is 0.411.